The SMILES string of the molecule is O=C(/C=C/c1cccc(C(F)(F)F)c1)N(Cc1cccs1)CC1CCCO1. The lowest BCUT2D eigenvalue weighted by Crippen LogP contribution is -2.35. The third kappa shape index (κ3) is 5.68. The first-order valence-corrected chi connectivity index (χ1v) is 9.58. The lowest BCUT2D eigenvalue weighted by Gasteiger charge is -2.23. The van der Waals surface area contributed by atoms with Crippen molar-refractivity contribution in [1.29, 1.82) is 0 Å². The largest absolute Gasteiger partial charge is 0.416 e. The molecule has 2 heterocycles. The van der Waals surface area contributed by atoms with Gasteiger partial charge in [-0.25, -0.2) is 0 Å². The highest BCUT2D eigenvalue weighted by atomic mass is 32.1. The van der Waals surface area contributed by atoms with Crippen LogP contribution in [-0.4, -0.2) is 30.1 Å². The summed E-state index contributed by atoms with van der Waals surface area (Å²) >= 11 is 1.56. The zero-order chi connectivity index (χ0) is 19.3. The van der Waals surface area contributed by atoms with Crippen LogP contribution in [0, 0.1) is 0 Å². The van der Waals surface area contributed by atoms with Crippen molar-refractivity contribution in [1.82, 2.24) is 4.90 Å². The predicted octanol–water partition coefficient (Wildman–Crippen LogP) is 4.99. The first-order valence-electron chi connectivity index (χ1n) is 8.70. The van der Waals surface area contributed by atoms with Crippen molar-refractivity contribution in [2.45, 2.75) is 31.7 Å². The first kappa shape index (κ1) is 19.6. The van der Waals surface area contributed by atoms with Crippen LogP contribution in [-0.2, 0) is 22.3 Å². The second-order valence-electron chi connectivity index (χ2n) is 6.39. The Morgan fingerprint density at radius 3 is 2.81 bits per heavy atom. The Morgan fingerprint density at radius 1 is 1.30 bits per heavy atom. The number of amides is 1. The second kappa shape index (κ2) is 8.71. The van der Waals surface area contributed by atoms with Gasteiger partial charge in [0.05, 0.1) is 18.2 Å². The van der Waals surface area contributed by atoms with E-state index >= 15 is 0 Å². The molecule has 1 amide bonds. The third-order valence-electron chi connectivity index (χ3n) is 4.32. The standard InChI is InChI=1S/C20H20F3NO2S/c21-20(22,23)16-5-1-4-15(12-16)8-9-19(25)24(13-17-6-2-10-26-17)14-18-7-3-11-27-18/h1,3-5,7-9,11-12,17H,2,6,10,13-14H2/b9-8+. The number of thiophene rings is 1. The van der Waals surface area contributed by atoms with Crippen molar-refractivity contribution in [2.75, 3.05) is 13.2 Å². The molecule has 1 aliphatic rings. The molecular weight excluding hydrogens is 375 g/mol. The van der Waals surface area contributed by atoms with Crippen molar-refractivity contribution < 1.29 is 22.7 Å². The van der Waals surface area contributed by atoms with Crippen LogP contribution in [0.4, 0.5) is 13.2 Å². The van der Waals surface area contributed by atoms with Crippen LogP contribution >= 0.6 is 11.3 Å². The Hall–Kier alpha value is -2.12. The Kier molecular flexibility index (Phi) is 6.34. The molecule has 1 saturated heterocycles. The van der Waals surface area contributed by atoms with Crippen LogP contribution in [0.1, 0.15) is 28.8 Å². The quantitative estimate of drug-likeness (QED) is 0.645. The number of carbonyl (C=O) groups excluding carboxylic acids is 1. The molecule has 0 spiro atoms. The zero-order valence-electron chi connectivity index (χ0n) is 14.6. The van der Waals surface area contributed by atoms with Gasteiger partial charge in [0.1, 0.15) is 0 Å². The number of hydrogen-bond donors (Lipinski definition) is 0. The van der Waals surface area contributed by atoms with Crippen molar-refractivity contribution in [2.24, 2.45) is 0 Å². The molecule has 0 bridgehead atoms. The van der Waals surface area contributed by atoms with E-state index in [9.17, 15) is 18.0 Å². The summed E-state index contributed by atoms with van der Waals surface area (Å²) in [7, 11) is 0. The number of ether oxygens (including phenoxy) is 1. The van der Waals surface area contributed by atoms with E-state index in [1.54, 1.807) is 22.3 Å². The minimum Gasteiger partial charge on any atom is -0.376 e. The van der Waals surface area contributed by atoms with Crippen molar-refractivity contribution in [3.05, 3.63) is 63.9 Å². The maximum atomic E-state index is 12.8. The van der Waals surface area contributed by atoms with Crippen LogP contribution in [0.2, 0.25) is 0 Å². The molecule has 144 valence electrons. The van der Waals surface area contributed by atoms with Crippen LogP contribution in [0.5, 0.6) is 0 Å². The summed E-state index contributed by atoms with van der Waals surface area (Å²) in [4.78, 5) is 15.4. The number of rotatable bonds is 6. The van der Waals surface area contributed by atoms with Gasteiger partial charge in [0.25, 0.3) is 0 Å². The minimum absolute atomic E-state index is 0.0101. The number of carbonyl (C=O) groups is 1. The van der Waals surface area contributed by atoms with E-state index in [4.69, 9.17) is 4.74 Å². The number of halogens is 3. The molecule has 0 radical (unpaired) electrons. The van der Waals surface area contributed by atoms with E-state index < -0.39 is 11.7 Å². The van der Waals surface area contributed by atoms with Crippen molar-refractivity contribution in [3.63, 3.8) is 0 Å². The maximum Gasteiger partial charge on any atom is 0.416 e. The van der Waals surface area contributed by atoms with Gasteiger partial charge in [-0.2, -0.15) is 13.2 Å². The predicted molar refractivity (Wildman–Crippen MR) is 99.2 cm³/mol. The van der Waals surface area contributed by atoms with Gasteiger partial charge >= 0.3 is 6.18 Å². The Balaban J connectivity index is 1.72. The summed E-state index contributed by atoms with van der Waals surface area (Å²) < 4.78 is 44.1. The molecule has 0 aliphatic carbocycles. The van der Waals surface area contributed by atoms with Crippen LogP contribution in [0.3, 0.4) is 0 Å². The molecule has 3 rings (SSSR count). The van der Waals surface area contributed by atoms with E-state index in [0.717, 1.165) is 29.9 Å². The molecule has 1 atom stereocenters. The molecule has 0 saturated carbocycles. The number of nitrogens with zero attached hydrogens (tertiary/aromatic N) is 1. The summed E-state index contributed by atoms with van der Waals surface area (Å²) in [5.41, 5.74) is -0.390. The van der Waals surface area contributed by atoms with E-state index in [-0.39, 0.29) is 12.0 Å². The van der Waals surface area contributed by atoms with Gasteiger partial charge in [0, 0.05) is 24.1 Å². The Bertz CT molecular complexity index is 781. The van der Waals surface area contributed by atoms with E-state index in [1.165, 1.54) is 18.2 Å². The Morgan fingerprint density at radius 2 is 2.15 bits per heavy atom. The maximum absolute atomic E-state index is 12.8. The molecular formula is C20H20F3NO2S. The molecule has 7 heteroatoms. The topological polar surface area (TPSA) is 29.5 Å². The molecule has 1 fully saturated rings. The van der Waals surface area contributed by atoms with Crippen LogP contribution in [0.15, 0.2) is 47.9 Å². The fourth-order valence-electron chi connectivity index (χ4n) is 2.95. The fraction of sp³-hybridized carbons (Fsp3) is 0.350. The highest BCUT2D eigenvalue weighted by molar-refractivity contribution is 7.09. The van der Waals surface area contributed by atoms with E-state index in [1.807, 2.05) is 17.5 Å². The fourth-order valence-corrected chi connectivity index (χ4v) is 3.67. The Labute approximate surface area is 160 Å². The average molecular weight is 395 g/mol. The van der Waals surface area contributed by atoms with Gasteiger partial charge in [0.15, 0.2) is 0 Å². The summed E-state index contributed by atoms with van der Waals surface area (Å²) in [6.07, 6.45) is 0.249. The lowest BCUT2D eigenvalue weighted by molar-refractivity contribution is -0.137. The normalized spacial score (nSPS) is 17.5. The number of hydrogen-bond acceptors (Lipinski definition) is 3. The molecule has 3 nitrogen and oxygen atoms in total. The van der Waals surface area contributed by atoms with Gasteiger partial charge in [-0.05, 0) is 48.1 Å². The monoisotopic (exact) mass is 395 g/mol. The highest BCUT2D eigenvalue weighted by Crippen LogP contribution is 2.29. The molecule has 1 aliphatic heterocycles. The molecule has 27 heavy (non-hydrogen) atoms. The van der Waals surface area contributed by atoms with Crippen LogP contribution < -0.4 is 0 Å². The van der Waals surface area contributed by atoms with Gasteiger partial charge in [0.2, 0.25) is 5.91 Å². The van der Waals surface area contributed by atoms with Gasteiger partial charge in [-0.15, -0.1) is 11.3 Å². The molecule has 1 aromatic carbocycles. The summed E-state index contributed by atoms with van der Waals surface area (Å²) in [5.74, 6) is -0.240. The zero-order valence-corrected chi connectivity index (χ0v) is 15.4. The van der Waals surface area contributed by atoms with Crippen LogP contribution in [0.25, 0.3) is 6.08 Å². The molecule has 2 aromatic rings. The average Bonchev–Trinajstić information content (AvgIpc) is 3.33. The van der Waals surface area contributed by atoms with E-state index in [2.05, 4.69) is 0 Å². The van der Waals surface area contributed by atoms with Crippen molar-refractivity contribution in [3.8, 4) is 0 Å². The third-order valence-corrected chi connectivity index (χ3v) is 5.18. The minimum atomic E-state index is -4.40. The molecule has 0 N–H and O–H groups in total. The summed E-state index contributed by atoms with van der Waals surface area (Å²) in [6, 6.07) is 8.81. The van der Waals surface area contributed by atoms with Crippen molar-refractivity contribution >= 4 is 23.3 Å². The number of benzene rings is 1. The second-order valence-corrected chi connectivity index (χ2v) is 7.42. The van der Waals surface area contributed by atoms with E-state index in [0.29, 0.717) is 25.3 Å². The van der Waals surface area contributed by atoms with Gasteiger partial charge < -0.3 is 9.64 Å². The highest BCUT2D eigenvalue weighted by Gasteiger charge is 2.30. The van der Waals surface area contributed by atoms with Gasteiger partial charge in [-0.1, -0.05) is 18.2 Å². The first-order chi connectivity index (χ1) is 12.9. The number of alkyl halides is 3. The van der Waals surface area contributed by atoms with Gasteiger partial charge in [-0.3, -0.25) is 4.79 Å². The summed E-state index contributed by atoms with van der Waals surface area (Å²) in [6.45, 7) is 1.64. The summed E-state index contributed by atoms with van der Waals surface area (Å²) in [5, 5.41) is 1.95. The lowest BCUT2D eigenvalue weighted by atomic mass is 10.1. The molecule has 1 unspecified atom stereocenters. The molecule has 1 aromatic heterocycles. The smallest absolute Gasteiger partial charge is 0.376 e.